The number of rotatable bonds is 67. The molecule has 0 aliphatic carbocycles. The highest BCUT2D eigenvalue weighted by Gasteiger charge is 2.27. The molecule has 0 saturated heterocycles. The summed E-state index contributed by atoms with van der Waals surface area (Å²) in [4.78, 5) is 40.2. The van der Waals surface area contributed by atoms with Crippen molar-refractivity contribution in [1.82, 2.24) is 5.32 Å². The summed E-state index contributed by atoms with van der Waals surface area (Å²) in [5.74, 6) is -0.525. The van der Waals surface area contributed by atoms with E-state index in [0.717, 1.165) is 64.2 Å². The van der Waals surface area contributed by atoms with Crippen LogP contribution >= 0.6 is 7.82 Å². The number of esters is 1. The number of allylic oxidation sites excluding steroid dienone is 7. The summed E-state index contributed by atoms with van der Waals surface area (Å²) in [5.41, 5.74) is 0. The molecule has 0 bridgehead atoms. The van der Waals surface area contributed by atoms with Crippen molar-refractivity contribution in [3.05, 3.63) is 48.6 Å². The van der Waals surface area contributed by atoms with Crippen molar-refractivity contribution in [3.63, 3.8) is 0 Å². The normalized spacial score (nSPS) is 13.8. The second-order valence-electron chi connectivity index (χ2n) is 26.1. The second-order valence-corrected chi connectivity index (χ2v) is 27.5. The van der Waals surface area contributed by atoms with Crippen LogP contribution in [0.5, 0.6) is 0 Å². The molecular formula is C74H141N2O7P. The van der Waals surface area contributed by atoms with Crippen LogP contribution in [0.15, 0.2) is 48.6 Å². The SMILES string of the molecule is CCCCC/C=C\C/C=C\CCCCCCCCCCCCCCCCCC(=O)OC(/C=C/CCCCCCCCCCCC)C(COP(=O)([O-])OCC[N+](C)(C)C)NC(=O)CCCCCCCCCCCCC/C=C/CCCCCCCC. The summed E-state index contributed by atoms with van der Waals surface area (Å²) in [6.45, 7) is 6.87. The van der Waals surface area contributed by atoms with Crippen molar-refractivity contribution in [3.8, 4) is 0 Å². The van der Waals surface area contributed by atoms with E-state index in [4.69, 9.17) is 13.8 Å². The molecule has 3 unspecified atom stereocenters. The Kier molecular flexibility index (Phi) is 62.4. The number of likely N-dealkylation sites (N-methyl/N-ethyl adjacent to an activating group) is 1. The molecule has 1 N–H and O–H groups in total. The number of amides is 1. The third-order valence-electron chi connectivity index (χ3n) is 16.5. The monoisotopic (exact) mass is 1200 g/mol. The van der Waals surface area contributed by atoms with E-state index in [9.17, 15) is 19.0 Å². The van der Waals surface area contributed by atoms with E-state index >= 15 is 0 Å². The van der Waals surface area contributed by atoms with Crippen LogP contribution in [0.3, 0.4) is 0 Å². The fourth-order valence-electron chi connectivity index (χ4n) is 10.8. The highest BCUT2D eigenvalue weighted by Crippen LogP contribution is 2.38. The van der Waals surface area contributed by atoms with Crippen LogP contribution in [-0.2, 0) is 27.9 Å². The molecule has 0 aromatic carbocycles. The molecule has 0 aromatic heterocycles. The maximum atomic E-state index is 13.6. The van der Waals surface area contributed by atoms with Gasteiger partial charge in [-0.05, 0) is 89.5 Å². The van der Waals surface area contributed by atoms with Gasteiger partial charge in [0.15, 0.2) is 0 Å². The first kappa shape index (κ1) is 82.0. The lowest BCUT2D eigenvalue weighted by atomic mass is 10.0. The molecule has 0 spiro atoms. The van der Waals surface area contributed by atoms with Gasteiger partial charge < -0.3 is 28.5 Å². The van der Waals surface area contributed by atoms with E-state index < -0.39 is 20.0 Å². The van der Waals surface area contributed by atoms with Crippen LogP contribution in [0, 0.1) is 0 Å². The standard InChI is InChI=1S/C74H141N2O7P/c1-7-10-13-16-19-22-25-28-30-32-34-36-37-38-39-41-43-45-47-49-52-55-58-61-64-67-74(78)83-72(65-62-59-56-53-50-27-24-21-18-15-12-9-3)71(70-82-84(79,80)81-69-68-76(4,5)6)75-73(77)66-63-60-57-54-51-48-46-44-42-40-35-33-31-29-26-23-20-17-14-11-8-2/h19,22,28-31,62,65,71-72H,7-18,20-21,23-27,32-61,63-64,66-70H2,1-6H3,(H-,75,77,79,80)/b22-19-,30-28-,31-29+,65-62+. The zero-order valence-corrected chi connectivity index (χ0v) is 57.5. The predicted molar refractivity (Wildman–Crippen MR) is 363 cm³/mol. The third kappa shape index (κ3) is 64.4. The largest absolute Gasteiger partial charge is 0.756 e. The number of quaternary nitrogens is 1. The summed E-state index contributed by atoms with van der Waals surface area (Å²) < 4.78 is 30.5. The van der Waals surface area contributed by atoms with E-state index in [1.807, 2.05) is 33.3 Å². The molecule has 0 saturated carbocycles. The Balaban J connectivity index is 5.01. The Morgan fingerprint density at radius 3 is 1.11 bits per heavy atom. The first-order valence-electron chi connectivity index (χ1n) is 36.4. The van der Waals surface area contributed by atoms with E-state index in [2.05, 4.69) is 62.5 Å². The van der Waals surface area contributed by atoms with E-state index in [1.165, 1.54) is 263 Å². The minimum Gasteiger partial charge on any atom is -0.756 e. The van der Waals surface area contributed by atoms with Crippen LogP contribution < -0.4 is 10.2 Å². The van der Waals surface area contributed by atoms with Gasteiger partial charge in [-0.1, -0.05) is 307 Å². The van der Waals surface area contributed by atoms with Crippen molar-refractivity contribution in [1.29, 1.82) is 0 Å². The maximum absolute atomic E-state index is 13.6. The molecule has 0 fully saturated rings. The van der Waals surface area contributed by atoms with E-state index in [-0.39, 0.29) is 31.5 Å². The number of phosphoric ester groups is 1. The lowest BCUT2D eigenvalue weighted by molar-refractivity contribution is -0.870. The number of carbonyl (C=O) groups excluding carboxylic acids is 2. The van der Waals surface area contributed by atoms with Crippen molar-refractivity contribution in [2.24, 2.45) is 0 Å². The van der Waals surface area contributed by atoms with Crippen LogP contribution in [-0.4, -0.2) is 69.4 Å². The summed E-state index contributed by atoms with van der Waals surface area (Å²) >= 11 is 0. The quantitative estimate of drug-likeness (QED) is 0.0212. The van der Waals surface area contributed by atoms with Gasteiger partial charge in [0.1, 0.15) is 19.3 Å². The summed E-state index contributed by atoms with van der Waals surface area (Å²) in [7, 11) is 1.20. The Hall–Kier alpha value is -2.03. The van der Waals surface area contributed by atoms with Gasteiger partial charge in [0, 0.05) is 12.8 Å². The topological polar surface area (TPSA) is 114 Å². The third-order valence-corrected chi connectivity index (χ3v) is 17.4. The van der Waals surface area contributed by atoms with Crippen molar-refractivity contribution < 1.29 is 37.3 Å². The van der Waals surface area contributed by atoms with Gasteiger partial charge in [0.2, 0.25) is 5.91 Å². The molecule has 0 aliphatic heterocycles. The number of nitrogens with zero attached hydrogens (tertiary/aromatic N) is 1. The second kappa shape index (κ2) is 64.0. The summed E-state index contributed by atoms with van der Waals surface area (Å²) in [6, 6.07) is -0.888. The van der Waals surface area contributed by atoms with Gasteiger partial charge in [-0.25, -0.2) is 0 Å². The molecule has 494 valence electrons. The first-order chi connectivity index (χ1) is 40.9. The number of ether oxygens (including phenoxy) is 1. The number of nitrogens with one attached hydrogen (secondary N) is 1. The van der Waals surface area contributed by atoms with Gasteiger partial charge in [-0.2, -0.15) is 0 Å². The molecule has 9 nitrogen and oxygen atoms in total. The molecule has 0 aromatic rings. The van der Waals surface area contributed by atoms with Crippen molar-refractivity contribution in [2.45, 2.75) is 373 Å². The zero-order valence-electron chi connectivity index (χ0n) is 56.6. The molecule has 0 radical (unpaired) electrons. The van der Waals surface area contributed by atoms with Crippen molar-refractivity contribution >= 4 is 19.7 Å². The van der Waals surface area contributed by atoms with Gasteiger partial charge in [-0.15, -0.1) is 0 Å². The Morgan fingerprint density at radius 1 is 0.417 bits per heavy atom. The summed E-state index contributed by atoms with van der Waals surface area (Å²) in [5, 5.41) is 3.05. The van der Waals surface area contributed by atoms with Gasteiger partial charge >= 0.3 is 5.97 Å². The first-order valence-corrected chi connectivity index (χ1v) is 37.9. The Bertz CT molecular complexity index is 1570. The zero-order chi connectivity index (χ0) is 61.4. The molecular weight excluding hydrogens is 1060 g/mol. The van der Waals surface area contributed by atoms with Crippen LogP contribution in [0.1, 0.15) is 361 Å². The number of carbonyl (C=O) groups is 2. The van der Waals surface area contributed by atoms with Gasteiger partial charge in [0.05, 0.1) is 33.8 Å². The molecule has 10 heteroatoms. The van der Waals surface area contributed by atoms with Crippen LogP contribution in [0.2, 0.25) is 0 Å². The van der Waals surface area contributed by atoms with E-state index in [1.54, 1.807) is 0 Å². The highest BCUT2D eigenvalue weighted by molar-refractivity contribution is 7.45. The smallest absolute Gasteiger partial charge is 0.306 e. The van der Waals surface area contributed by atoms with E-state index in [0.29, 0.717) is 17.4 Å². The van der Waals surface area contributed by atoms with Crippen molar-refractivity contribution in [2.75, 3.05) is 40.9 Å². The lowest BCUT2D eigenvalue weighted by Gasteiger charge is -2.30. The molecule has 0 rings (SSSR count). The van der Waals surface area contributed by atoms with Crippen LogP contribution in [0.4, 0.5) is 0 Å². The fourth-order valence-corrected chi connectivity index (χ4v) is 11.6. The average Bonchev–Trinajstić information content (AvgIpc) is 3.64. The number of hydrogen-bond donors (Lipinski definition) is 1. The Labute approximate surface area is 522 Å². The molecule has 3 atom stereocenters. The highest BCUT2D eigenvalue weighted by atomic mass is 31.2. The maximum Gasteiger partial charge on any atom is 0.306 e. The average molecular weight is 1200 g/mol. The number of phosphoric acid groups is 1. The summed E-state index contributed by atoms with van der Waals surface area (Å²) in [6.07, 6.45) is 80.9. The minimum atomic E-state index is -4.70. The van der Waals surface area contributed by atoms with Gasteiger partial charge in [-0.3, -0.25) is 14.2 Å². The fraction of sp³-hybridized carbons (Fsp3) is 0.865. The molecule has 0 heterocycles. The van der Waals surface area contributed by atoms with Gasteiger partial charge in [0.25, 0.3) is 7.82 Å². The number of unbranched alkanes of at least 4 members (excludes halogenated alkanes) is 45. The van der Waals surface area contributed by atoms with Crippen LogP contribution in [0.25, 0.3) is 0 Å². The molecule has 0 aliphatic rings. The molecule has 84 heavy (non-hydrogen) atoms. The predicted octanol–water partition coefficient (Wildman–Crippen LogP) is 22.6. The number of hydrogen-bond acceptors (Lipinski definition) is 7. The Morgan fingerprint density at radius 2 is 0.726 bits per heavy atom. The minimum absolute atomic E-state index is 0.0207. The lowest BCUT2D eigenvalue weighted by Crippen LogP contribution is -2.47. The molecule has 1 amide bonds.